The van der Waals surface area contributed by atoms with Gasteiger partial charge < -0.3 is 5.11 Å². The molecule has 0 radical (unpaired) electrons. The molecule has 1 heterocycles. The van der Waals surface area contributed by atoms with Crippen LogP contribution in [0.4, 0.5) is 0 Å². The van der Waals surface area contributed by atoms with Crippen molar-refractivity contribution in [2.75, 3.05) is 0 Å². The number of aryl methyl sites for hydroxylation is 2. The van der Waals surface area contributed by atoms with Crippen molar-refractivity contribution in [3.63, 3.8) is 0 Å². The van der Waals surface area contributed by atoms with E-state index in [1.54, 1.807) is 6.07 Å². The third-order valence-corrected chi connectivity index (χ3v) is 6.29. The lowest BCUT2D eigenvalue weighted by Crippen LogP contribution is -2.20. The Morgan fingerprint density at radius 1 is 0.750 bits per heavy atom. The lowest BCUT2D eigenvalue weighted by molar-refractivity contribution is 0.436. The molecule has 0 aliphatic carbocycles. The highest BCUT2D eigenvalue weighted by molar-refractivity contribution is 6.13. The van der Waals surface area contributed by atoms with E-state index in [9.17, 15) is 9.90 Å². The zero-order valence-corrected chi connectivity index (χ0v) is 20.1. The highest BCUT2D eigenvalue weighted by Gasteiger charge is 2.17. The molecule has 1 N–H and O–H groups in total. The minimum atomic E-state index is -0.290. The van der Waals surface area contributed by atoms with Crippen LogP contribution in [0, 0.1) is 13.8 Å². The SMILES string of the molecule is Cc1ccc(-n2c(O)c(C=NN=C(c3ccccc3)c3ccccc3)c3ccccc3c2=O)cc1C. The third-order valence-electron chi connectivity index (χ3n) is 6.29. The number of hydrogen-bond acceptors (Lipinski definition) is 4. The number of hydrogen-bond donors (Lipinski definition) is 1. The van der Waals surface area contributed by atoms with Crippen LogP contribution in [0.1, 0.15) is 27.8 Å². The first kappa shape index (κ1) is 23.0. The van der Waals surface area contributed by atoms with E-state index in [0.29, 0.717) is 27.7 Å². The van der Waals surface area contributed by atoms with E-state index in [2.05, 4.69) is 10.2 Å². The Morgan fingerprint density at radius 3 is 1.94 bits per heavy atom. The summed E-state index contributed by atoms with van der Waals surface area (Å²) in [5, 5.41) is 21.3. The summed E-state index contributed by atoms with van der Waals surface area (Å²) in [5.74, 6) is -0.179. The number of rotatable bonds is 5. The van der Waals surface area contributed by atoms with E-state index in [1.165, 1.54) is 10.8 Å². The van der Waals surface area contributed by atoms with Crippen LogP contribution in [0.15, 0.2) is 118 Å². The van der Waals surface area contributed by atoms with E-state index in [-0.39, 0.29) is 11.4 Å². The summed E-state index contributed by atoms with van der Waals surface area (Å²) in [4.78, 5) is 13.4. The monoisotopic (exact) mass is 471 g/mol. The molecule has 5 nitrogen and oxygen atoms in total. The van der Waals surface area contributed by atoms with Crippen LogP contribution >= 0.6 is 0 Å². The summed E-state index contributed by atoms with van der Waals surface area (Å²) in [6.45, 7) is 3.99. The molecule has 0 amide bonds. The van der Waals surface area contributed by atoms with Gasteiger partial charge >= 0.3 is 0 Å². The Balaban J connectivity index is 1.69. The molecule has 0 atom stereocenters. The average Bonchev–Trinajstić information content (AvgIpc) is 2.91. The molecule has 176 valence electrons. The van der Waals surface area contributed by atoms with E-state index in [0.717, 1.165) is 22.3 Å². The Labute approximate surface area is 209 Å². The molecule has 0 unspecified atom stereocenters. The maximum absolute atomic E-state index is 13.4. The van der Waals surface area contributed by atoms with Crippen molar-refractivity contribution < 1.29 is 5.11 Å². The van der Waals surface area contributed by atoms with Gasteiger partial charge in [-0.1, -0.05) is 84.9 Å². The van der Waals surface area contributed by atoms with Gasteiger partial charge in [0.25, 0.3) is 5.56 Å². The Hall–Kier alpha value is -4.77. The van der Waals surface area contributed by atoms with Crippen LogP contribution in [0.3, 0.4) is 0 Å². The van der Waals surface area contributed by atoms with Gasteiger partial charge in [0.2, 0.25) is 5.88 Å². The second kappa shape index (κ2) is 9.84. The molecular formula is C31H25N3O2. The predicted octanol–water partition coefficient (Wildman–Crippen LogP) is 6.18. The zero-order valence-electron chi connectivity index (χ0n) is 20.1. The number of aromatic hydroxyl groups is 1. The largest absolute Gasteiger partial charge is 0.494 e. The van der Waals surface area contributed by atoms with Gasteiger partial charge in [-0.25, -0.2) is 4.57 Å². The molecule has 5 aromatic rings. The molecule has 0 bridgehead atoms. The van der Waals surface area contributed by atoms with Crippen molar-refractivity contribution in [2.24, 2.45) is 10.2 Å². The molecule has 0 saturated heterocycles. The van der Waals surface area contributed by atoms with Crippen LogP contribution in [-0.2, 0) is 0 Å². The topological polar surface area (TPSA) is 66.9 Å². The van der Waals surface area contributed by atoms with Gasteiger partial charge in [0, 0.05) is 21.9 Å². The van der Waals surface area contributed by atoms with E-state index in [1.807, 2.05) is 111 Å². The lowest BCUT2D eigenvalue weighted by atomic mass is 10.0. The summed E-state index contributed by atoms with van der Waals surface area (Å²) in [6.07, 6.45) is 1.51. The first-order valence-corrected chi connectivity index (χ1v) is 11.7. The fourth-order valence-corrected chi connectivity index (χ4v) is 4.21. The van der Waals surface area contributed by atoms with Gasteiger partial charge in [0.05, 0.1) is 17.5 Å². The molecule has 0 saturated carbocycles. The number of benzene rings is 4. The van der Waals surface area contributed by atoms with Gasteiger partial charge in [-0.15, -0.1) is 5.10 Å². The maximum Gasteiger partial charge on any atom is 0.265 e. The van der Waals surface area contributed by atoms with E-state index >= 15 is 0 Å². The van der Waals surface area contributed by atoms with Crippen LogP contribution in [0.2, 0.25) is 0 Å². The lowest BCUT2D eigenvalue weighted by Gasteiger charge is -2.14. The maximum atomic E-state index is 13.4. The summed E-state index contributed by atoms with van der Waals surface area (Å²) in [5.41, 5.74) is 5.43. The van der Waals surface area contributed by atoms with Crippen molar-refractivity contribution in [3.05, 3.63) is 141 Å². The average molecular weight is 472 g/mol. The van der Waals surface area contributed by atoms with Crippen LogP contribution in [0.5, 0.6) is 5.88 Å². The minimum absolute atomic E-state index is 0.179. The van der Waals surface area contributed by atoms with Gasteiger partial charge in [0.1, 0.15) is 5.71 Å². The van der Waals surface area contributed by atoms with Crippen LogP contribution < -0.4 is 5.56 Å². The van der Waals surface area contributed by atoms with Gasteiger partial charge in [-0.05, 0) is 43.2 Å². The Bertz CT molecular complexity index is 1630. The zero-order chi connectivity index (χ0) is 25.1. The fraction of sp³-hybridized carbons (Fsp3) is 0.0645. The smallest absolute Gasteiger partial charge is 0.265 e. The molecular weight excluding hydrogens is 446 g/mol. The first-order valence-electron chi connectivity index (χ1n) is 11.7. The quantitative estimate of drug-likeness (QED) is 0.246. The van der Waals surface area contributed by atoms with Crippen molar-refractivity contribution in [1.29, 1.82) is 0 Å². The van der Waals surface area contributed by atoms with E-state index < -0.39 is 0 Å². The number of nitrogens with zero attached hydrogens (tertiary/aromatic N) is 3. The molecule has 4 aromatic carbocycles. The summed E-state index contributed by atoms with van der Waals surface area (Å²) < 4.78 is 1.33. The summed E-state index contributed by atoms with van der Waals surface area (Å²) in [7, 11) is 0. The Morgan fingerprint density at radius 2 is 1.33 bits per heavy atom. The molecule has 36 heavy (non-hydrogen) atoms. The Kier molecular flexibility index (Phi) is 6.29. The minimum Gasteiger partial charge on any atom is -0.494 e. The summed E-state index contributed by atoms with van der Waals surface area (Å²) in [6, 6.07) is 32.5. The predicted molar refractivity (Wildman–Crippen MR) is 147 cm³/mol. The van der Waals surface area contributed by atoms with Gasteiger partial charge in [-0.2, -0.15) is 5.10 Å². The van der Waals surface area contributed by atoms with Gasteiger partial charge in [0.15, 0.2) is 0 Å². The van der Waals surface area contributed by atoms with E-state index in [4.69, 9.17) is 0 Å². The fourth-order valence-electron chi connectivity index (χ4n) is 4.21. The molecule has 0 aliphatic rings. The molecule has 0 spiro atoms. The molecule has 0 fully saturated rings. The molecule has 5 heteroatoms. The molecule has 5 rings (SSSR count). The normalized spacial score (nSPS) is 11.2. The second-order valence-corrected chi connectivity index (χ2v) is 8.62. The molecule has 1 aromatic heterocycles. The highest BCUT2D eigenvalue weighted by atomic mass is 16.3. The van der Waals surface area contributed by atoms with Crippen molar-refractivity contribution in [3.8, 4) is 11.6 Å². The first-order chi connectivity index (χ1) is 17.5. The number of pyridine rings is 1. The highest BCUT2D eigenvalue weighted by Crippen LogP contribution is 2.27. The van der Waals surface area contributed by atoms with Crippen molar-refractivity contribution in [2.45, 2.75) is 13.8 Å². The van der Waals surface area contributed by atoms with Crippen LogP contribution in [-0.4, -0.2) is 21.6 Å². The third kappa shape index (κ3) is 4.34. The number of fused-ring (bicyclic) bond motifs is 1. The molecule has 0 aliphatic heterocycles. The second-order valence-electron chi connectivity index (χ2n) is 8.62. The summed E-state index contributed by atoms with van der Waals surface area (Å²) >= 11 is 0. The standard InChI is InChI=1S/C31H25N3O2/c1-21-17-18-25(19-22(21)2)34-30(35)27-16-10-9-15-26(27)28(31(34)36)20-32-33-29(23-11-5-3-6-12-23)24-13-7-4-8-14-24/h3-20,36H,1-2H3. The van der Waals surface area contributed by atoms with Crippen molar-refractivity contribution >= 4 is 22.7 Å². The van der Waals surface area contributed by atoms with Gasteiger partial charge in [-0.3, -0.25) is 4.79 Å². The van der Waals surface area contributed by atoms with Crippen molar-refractivity contribution in [1.82, 2.24) is 4.57 Å². The van der Waals surface area contributed by atoms with Crippen LogP contribution in [0.25, 0.3) is 16.5 Å². The number of aromatic nitrogens is 1.